The SMILES string of the molecule is CCC(CC)n1c(COc2ccccc2Cl)nnc1SCC(=O)NC(C)(C)C. The number of benzene rings is 1. The third-order valence-corrected chi connectivity index (χ3v) is 5.34. The van der Waals surface area contributed by atoms with Crippen molar-refractivity contribution in [2.24, 2.45) is 0 Å². The molecule has 1 aromatic heterocycles. The van der Waals surface area contributed by atoms with Crippen LogP contribution in [0.3, 0.4) is 0 Å². The van der Waals surface area contributed by atoms with Crippen LogP contribution in [0.5, 0.6) is 5.75 Å². The number of hydrogen-bond donors (Lipinski definition) is 1. The predicted molar refractivity (Wildman–Crippen MR) is 114 cm³/mol. The molecular weight excluding hydrogens is 396 g/mol. The minimum atomic E-state index is -0.255. The highest BCUT2D eigenvalue weighted by Crippen LogP contribution is 2.28. The molecule has 0 unspecified atom stereocenters. The largest absolute Gasteiger partial charge is 0.484 e. The molecule has 1 heterocycles. The number of aromatic nitrogens is 3. The Kier molecular flexibility index (Phi) is 8.19. The van der Waals surface area contributed by atoms with Gasteiger partial charge in [0.1, 0.15) is 12.4 Å². The fraction of sp³-hybridized carbons (Fsp3) is 0.550. The summed E-state index contributed by atoms with van der Waals surface area (Å²) >= 11 is 7.57. The third-order valence-electron chi connectivity index (χ3n) is 4.08. The Morgan fingerprint density at radius 1 is 1.25 bits per heavy atom. The highest BCUT2D eigenvalue weighted by atomic mass is 35.5. The van der Waals surface area contributed by atoms with Crippen LogP contribution in [0.15, 0.2) is 29.4 Å². The van der Waals surface area contributed by atoms with Gasteiger partial charge in [-0.15, -0.1) is 10.2 Å². The fourth-order valence-corrected chi connectivity index (χ4v) is 3.83. The maximum Gasteiger partial charge on any atom is 0.230 e. The summed E-state index contributed by atoms with van der Waals surface area (Å²) in [7, 11) is 0. The van der Waals surface area contributed by atoms with Gasteiger partial charge in [-0.25, -0.2) is 0 Å². The molecule has 0 bridgehead atoms. The van der Waals surface area contributed by atoms with Gasteiger partial charge in [-0.1, -0.05) is 49.3 Å². The molecule has 28 heavy (non-hydrogen) atoms. The van der Waals surface area contributed by atoms with Crippen LogP contribution < -0.4 is 10.1 Å². The van der Waals surface area contributed by atoms with Crippen molar-refractivity contribution < 1.29 is 9.53 Å². The van der Waals surface area contributed by atoms with Crippen LogP contribution in [0.25, 0.3) is 0 Å². The van der Waals surface area contributed by atoms with Gasteiger partial charge in [-0.05, 0) is 45.7 Å². The van der Waals surface area contributed by atoms with Gasteiger partial charge in [0.15, 0.2) is 11.0 Å². The van der Waals surface area contributed by atoms with Crippen molar-refractivity contribution in [1.82, 2.24) is 20.1 Å². The van der Waals surface area contributed by atoms with E-state index in [4.69, 9.17) is 16.3 Å². The maximum atomic E-state index is 12.2. The van der Waals surface area contributed by atoms with E-state index in [1.54, 1.807) is 6.07 Å². The van der Waals surface area contributed by atoms with E-state index >= 15 is 0 Å². The first-order valence-corrected chi connectivity index (χ1v) is 10.9. The smallest absolute Gasteiger partial charge is 0.230 e. The van der Waals surface area contributed by atoms with Crippen LogP contribution in [0, 0.1) is 0 Å². The number of carbonyl (C=O) groups is 1. The number of thioether (sulfide) groups is 1. The van der Waals surface area contributed by atoms with Crippen molar-refractivity contribution in [1.29, 1.82) is 0 Å². The molecule has 0 aliphatic rings. The molecule has 0 saturated heterocycles. The number of carbonyl (C=O) groups excluding carboxylic acids is 1. The van der Waals surface area contributed by atoms with E-state index in [-0.39, 0.29) is 24.1 Å². The van der Waals surface area contributed by atoms with E-state index < -0.39 is 0 Å². The Hall–Kier alpha value is -1.73. The minimum Gasteiger partial charge on any atom is -0.484 e. The molecule has 0 saturated carbocycles. The van der Waals surface area contributed by atoms with Crippen molar-refractivity contribution >= 4 is 29.3 Å². The van der Waals surface area contributed by atoms with E-state index in [0.717, 1.165) is 23.8 Å². The van der Waals surface area contributed by atoms with Crippen molar-refractivity contribution in [3.8, 4) is 5.75 Å². The van der Waals surface area contributed by atoms with Gasteiger partial charge in [0.2, 0.25) is 5.91 Å². The van der Waals surface area contributed by atoms with Crippen LogP contribution in [0.2, 0.25) is 5.02 Å². The molecule has 0 spiro atoms. The molecule has 0 fully saturated rings. The van der Waals surface area contributed by atoms with Crippen LogP contribution in [0.1, 0.15) is 59.3 Å². The molecule has 0 atom stereocenters. The summed E-state index contributed by atoms with van der Waals surface area (Å²) in [5.41, 5.74) is -0.255. The number of halogens is 1. The van der Waals surface area contributed by atoms with Gasteiger partial charge in [-0.2, -0.15) is 0 Å². The molecule has 1 N–H and O–H groups in total. The number of hydrogen-bond acceptors (Lipinski definition) is 5. The first kappa shape index (κ1) is 22.6. The van der Waals surface area contributed by atoms with E-state index in [2.05, 4.69) is 33.9 Å². The summed E-state index contributed by atoms with van der Waals surface area (Å²) in [5, 5.41) is 12.9. The van der Waals surface area contributed by atoms with Gasteiger partial charge in [0.25, 0.3) is 0 Å². The number of rotatable bonds is 9. The number of ether oxygens (including phenoxy) is 1. The van der Waals surface area contributed by atoms with Crippen LogP contribution in [-0.2, 0) is 11.4 Å². The highest BCUT2D eigenvalue weighted by molar-refractivity contribution is 7.99. The molecule has 1 aromatic carbocycles. The Morgan fingerprint density at radius 3 is 2.54 bits per heavy atom. The molecule has 0 radical (unpaired) electrons. The van der Waals surface area contributed by atoms with Gasteiger partial charge in [-0.3, -0.25) is 4.79 Å². The Labute approximate surface area is 176 Å². The second-order valence-electron chi connectivity index (χ2n) is 7.55. The summed E-state index contributed by atoms with van der Waals surface area (Å²) < 4.78 is 7.95. The highest BCUT2D eigenvalue weighted by Gasteiger charge is 2.21. The molecule has 0 aliphatic heterocycles. The normalized spacial score (nSPS) is 11.7. The number of amides is 1. The molecule has 0 aliphatic carbocycles. The number of nitrogens with one attached hydrogen (secondary N) is 1. The molecule has 6 nitrogen and oxygen atoms in total. The number of para-hydroxylation sites is 1. The van der Waals surface area contributed by atoms with Gasteiger partial charge < -0.3 is 14.6 Å². The lowest BCUT2D eigenvalue weighted by molar-refractivity contribution is -0.119. The third kappa shape index (κ3) is 6.41. The average Bonchev–Trinajstić information content (AvgIpc) is 3.02. The van der Waals surface area contributed by atoms with Crippen molar-refractivity contribution in [2.75, 3.05) is 5.75 Å². The summed E-state index contributed by atoms with van der Waals surface area (Å²) in [5.74, 6) is 1.61. The molecule has 1 amide bonds. The molecule has 2 rings (SSSR count). The lowest BCUT2D eigenvalue weighted by Crippen LogP contribution is -2.41. The van der Waals surface area contributed by atoms with E-state index in [1.807, 2.05) is 39.0 Å². The monoisotopic (exact) mass is 424 g/mol. The van der Waals surface area contributed by atoms with Gasteiger partial charge in [0.05, 0.1) is 10.8 Å². The van der Waals surface area contributed by atoms with E-state index in [9.17, 15) is 4.79 Å². The first-order chi connectivity index (χ1) is 13.2. The Bertz CT molecular complexity index is 785. The number of nitrogens with zero attached hydrogens (tertiary/aromatic N) is 3. The Balaban J connectivity index is 2.15. The maximum absolute atomic E-state index is 12.2. The summed E-state index contributed by atoms with van der Waals surface area (Å²) in [6, 6.07) is 7.60. The van der Waals surface area contributed by atoms with Crippen LogP contribution in [0.4, 0.5) is 0 Å². The summed E-state index contributed by atoms with van der Waals surface area (Å²) in [6.07, 6.45) is 1.88. The van der Waals surface area contributed by atoms with Gasteiger partial charge >= 0.3 is 0 Å². The summed E-state index contributed by atoms with van der Waals surface area (Å²) in [4.78, 5) is 12.2. The van der Waals surface area contributed by atoms with Crippen LogP contribution >= 0.6 is 23.4 Å². The molecule has 8 heteroatoms. The molecular formula is C20H29ClN4O2S. The topological polar surface area (TPSA) is 69.0 Å². The van der Waals surface area contributed by atoms with E-state index in [1.165, 1.54) is 11.8 Å². The average molecular weight is 425 g/mol. The zero-order valence-electron chi connectivity index (χ0n) is 17.2. The fourth-order valence-electron chi connectivity index (χ4n) is 2.81. The second kappa shape index (κ2) is 10.2. The molecule has 2 aromatic rings. The zero-order chi connectivity index (χ0) is 20.7. The lowest BCUT2D eigenvalue weighted by Gasteiger charge is -2.21. The van der Waals surface area contributed by atoms with Gasteiger partial charge in [0, 0.05) is 11.6 Å². The first-order valence-electron chi connectivity index (χ1n) is 9.50. The van der Waals surface area contributed by atoms with Crippen molar-refractivity contribution in [3.05, 3.63) is 35.1 Å². The molecule has 154 valence electrons. The predicted octanol–water partition coefficient (Wildman–Crippen LogP) is 4.88. The summed E-state index contributed by atoms with van der Waals surface area (Å²) in [6.45, 7) is 10.4. The Morgan fingerprint density at radius 2 is 1.93 bits per heavy atom. The van der Waals surface area contributed by atoms with Crippen molar-refractivity contribution in [3.63, 3.8) is 0 Å². The zero-order valence-corrected chi connectivity index (χ0v) is 18.7. The van der Waals surface area contributed by atoms with Crippen LogP contribution in [-0.4, -0.2) is 32.0 Å². The minimum absolute atomic E-state index is 0.0227. The lowest BCUT2D eigenvalue weighted by atomic mass is 10.1. The van der Waals surface area contributed by atoms with E-state index in [0.29, 0.717) is 16.5 Å². The quantitative estimate of drug-likeness (QED) is 0.581. The second-order valence-corrected chi connectivity index (χ2v) is 8.89. The van der Waals surface area contributed by atoms with Crippen molar-refractivity contribution in [2.45, 2.75) is 70.8 Å². The standard InChI is InChI=1S/C20H29ClN4O2S/c1-6-14(7-2)25-17(12-27-16-11-9-8-10-15(16)21)23-24-19(25)28-13-18(26)22-20(3,4)5/h8-11,14H,6-7,12-13H2,1-5H3,(H,22,26).